The third kappa shape index (κ3) is 4.55. The van der Waals surface area contributed by atoms with Crippen LogP contribution in [-0.2, 0) is 10.2 Å². The smallest absolute Gasteiger partial charge is 0.223 e. The summed E-state index contributed by atoms with van der Waals surface area (Å²) < 4.78 is 5.82. The lowest BCUT2D eigenvalue weighted by atomic mass is 9.87. The molecule has 25 heavy (non-hydrogen) atoms. The summed E-state index contributed by atoms with van der Waals surface area (Å²) in [5.74, 6) is 1.20. The largest absolute Gasteiger partial charge is 0.494 e. The van der Waals surface area contributed by atoms with Gasteiger partial charge in [-0.15, -0.1) is 0 Å². The van der Waals surface area contributed by atoms with Crippen molar-refractivity contribution >= 4 is 5.91 Å². The van der Waals surface area contributed by atoms with Crippen LogP contribution in [0.1, 0.15) is 58.4 Å². The highest BCUT2D eigenvalue weighted by molar-refractivity contribution is 5.77. The summed E-state index contributed by atoms with van der Waals surface area (Å²) in [7, 11) is 0. The number of carbonyl (C=O) groups is 1. The van der Waals surface area contributed by atoms with E-state index in [9.17, 15) is 4.79 Å². The van der Waals surface area contributed by atoms with Gasteiger partial charge in [-0.3, -0.25) is 4.79 Å². The van der Waals surface area contributed by atoms with Crippen molar-refractivity contribution < 1.29 is 9.53 Å². The molecule has 4 nitrogen and oxygen atoms in total. The van der Waals surface area contributed by atoms with E-state index in [1.165, 1.54) is 12.0 Å². The van der Waals surface area contributed by atoms with E-state index in [1.54, 1.807) is 0 Å². The standard InChI is InChI=1S/C21H32N2O2/c1-21(2,3)16-6-10-19(11-7-16)25-14-4-5-20(24)23-17-8-9-18(23)15-22-13-12-17/h6-7,10-11,17-18,22H,4-5,8-9,12-15H2,1-3H3. The Balaban J connectivity index is 1.43. The molecular weight excluding hydrogens is 312 g/mol. The summed E-state index contributed by atoms with van der Waals surface area (Å²) >= 11 is 0. The normalized spacial score (nSPS) is 23.4. The molecule has 2 atom stereocenters. The second-order valence-corrected chi connectivity index (χ2v) is 8.41. The van der Waals surface area contributed by atoms with Gasteiger partial charge in [0.05, 0.1) is 6.61 Å². The van der Waals surface area contributed by atoms with Crippen molar-refractivity contribution in [2.75, 3.05) is 19.7 Å². The van der Waals surface area contributed by atoms with Gasteiger partial charge >= 0.3 is 0 Å². The summed E-state index contributed by atoms with van der Waals surface area (Å²) in [6, 6.07) is 9.18. The van der Waals surface area contributed by atoms with Crippen molar-refractivity contribution in [1.29, 1.82) is 0 Å². The SMILES string of the molecule is CC(C)(C)c1ccc(OCCCC(=O)N2C3CCNCC2CC3)cc1. The average molecular weight is 344 g/mol. The van der Waals surface area contributed by atoms with Gasteiger partial charge < -0.3 is 15.0 Å². The number of benzene rings is 1. The molecule has 0 radical (unpaired) electrons. The quantitative estimate of drug-likeness (QED) is 0.831. The van der Waals surface area contributed by atoms with E-state index in [0.29, 0.717) is 31.0 Å². The fourth-order valence-electron chi connectivity index (χ4n) is 3.98. The molecule has 2 saturated heterocycles. The van der Waals surface area contributed by atoms with Gasteiger partial charge in [0.25, 0.3) is 0 Å². The lowest BCUT2D eigenvalue weighted by molar-refractivity contribution is -0.134. The summed E-state index contributed by atoms with van der Waals surface area (Å²) in [6.07, 6.45) is 4.80. The number of carbonyl (C=O) groups excluding carboxylic acids is 1. The number of rotatable bonds is 5. The first-order valence-corrected chi connectivity index (χ1v) is 9.70. The first kappa shape index (κ1) is 18.2. The Hall–Kier alpha value is -1.55. The van der Waals surface area contributed by atoms with E-state index in [-0.39, 0.29) is 5.41 Å². The molecule has 0 saturated carbocycles. The number of nitrogens with one attached hydrogen (secondary N) is 1. The topological polar surface area (TPSA) is 41.6 Å². The molecule has 1 N–H and O–H groups in total. The van der Waals surface area contributed by atoms with Gasteiger partial charge in [-0.2, -0.15) is 0 Å². The minimum Gasteiger partial charge on any atom is -0.494 e. The van der Waals surface area contributed by atoms with Crippen LogP contribution in [0.25, 0.3) is 0 Å². The zero-order chi connectivity index (χ0) is 17.9. The van der Waals surface area contributed by atoms with E-state index >= 15 is 0 Å². The summed E-state index contributed by atoms with van der Waals surface area (Å²) in [4.78, 5) is 14.8. The molecule has 1 aromatic rings. The van der Waals surface area contributed by atoms with Crippen LogP contribution in [0.2, 0.25) is 0 Å². The number of amides is 1. The molecule has 4 heteroatoms. The number of hydrogen-bond acceptors (Lipinski definition) is 3. The van der Waals surface area contributed by atoms with Gasteiger partial charge in [0.2, 0.25) is 5.91 Å². The maximum Gasteiger partial charge on any atom is 0.223 e. The first-order chi connectivity index (χ1) is 11.9. The predicted octanol–water partition coefficient (Wildman–Crippen LogP) is 3.50. The Labute approximate surface area is 151 Å². The Morgan fingerprint density at radius 2 is 1.88 bits per heavy atom. The van der Waals surface area contributed by atoms with Crippen molar-refractivity contribution in [1.82, 2.24) is 10.2 Å². The van der Waals surface area contributed by atoms with Crippen molar-refractivity contribution in [2.45, 2.75) is 70.4 Å². The van der Waals surface area contributed by atoms with Gasteiger partial charge in [0.15, 0.2) is 0 Å². The van der Waals surface area contributed by atoms with E-state index < -0.39 is 0 Å². The molecule has 0 aliphatic carbocycles. The molecule has 1 aromatic carbocycles. The van der Waals surface area contributed by atoms with Crippen molar-refractivity contribution in [3.8, 4) is 5.75 Å². The predicted molar refractivity (Wildman–Crippen MR) is 101 cm³/mol. The number of ether oxygens (including phenoxy) is 1. The molecule has 0 spiro atoms. The Morgan fingerprint density at radius 1 is 1.16 bits per heavy atom. The van der Waals surface area contributed by atoms with Crippen LogP contribution < -0.4 is 10.1 Å². The minimum atomic E-state index is 0.159. The molecule has 2 unspecified atom stereocenters. The number of hydrogen-bond donors (Lipinski definition) is 1. The molecule has 2 aliphatic heterocycles. The lowest BCUT2D eigenvalue weighted by Crippen LogP contribution is -2.42. The Morgan fingerprint density at radius 3 is 2.60 bits per heavy atom. The third-order valence-corrected chi connectivity index (χ3v) is 5.47. The fraction of sp³-hybridized carbons (Fsp3) is 0.667. The molecule has 3 rings (SSSR count). The van der Waals surface area contributed by atoms with Crippen LogP contribution in [0.3, 0.4) is 0 Å². The molecule has 2 aliphatic rings. The maximum absolute atomic E-state index is 12.6. The lowest BCUT2D eigenvalue weighted by Gasteiger charge is -2.28. The Kier molecular flexibility index (Phi) is 5.67. The zero-order valence-electron chi connectivity index (χ0n) is 15.9. The van der Waals surface area contributed by atoms with Gasteiger partial charge in [-0.05, 0) is 55.3 Å². The highest BCUT2D eigenvalue weighted by Crippen LogP contribution is 2.29. The highest BCUT2D eigenvalue weighted by atomic mass is 16.5. The molecule has 2 fully saturated rings. The monoisotopic (exact) mass is 344 g/mol. The third-order valence-electron chi connectivity index (χ3n) is 5.47. The molecule has 2 heterocycles. The molecule has 2 bridgehead atoms. The molecular formula is C21H32N2O2. The summed E-state index contributed by atoms with van der Waals surface area (Å²) in [5, 5.41) is 3.45. The molecule has 1 amide bonds. The number of fused-ring (bicyclic) bond motifs is 2. The van der Waals surface area contributed by atoms with Crippen LogP contribution in [0.5, 0.6) is 5.75 Å². The van der Waals surface area contributed by atoms with E-state index in [0.717, 1.165) is 38.1 Å². The number of nitrogens with zero attached hydrogens (tertiary/aromatic N) is 1. The summed E-state index contributed by atoms with van der Waals surface area (Å²) in [6.45, 7) is 9.22. The highest BCUT2D eigenvalue weighted by Gasteiger charge is 2.37. The minimum absolute atomic E-state index is 0.159. The van der Waals surface area contributed by atoms with E-state index in [2.05, 4.69) is 43.1 Å². The van der Waals surface area contributed by atoms with E-state index in [1.807, 2.05) is 12.1 Å². The summed E-state index contributed by atoms with van der Waals surface area (Å²) in [5.41, 5.74) is 1.46. The van der Waals surface area contributed by atoms with Gasteiger partial charge in [-0.1, -0.05) is 32.9 Å². The van der Waals surface area contributed by atoms with Crippen LogP contribution in [0, 0.1) is 0 Å². The van der Waals surface area contributed by atoms with Gasteiger partial charge in [0.1, 0.15) is 5.75 Å². The van der Waals surface area contributed by atoms with Crippen LogP contribution in [0.4, 0.5) is 0 Å². The fourth-order valence-corrected chi connectivity index (χ4v) is 3.98. The molecule has 138 valence electrons. The van der Waals surface area contributed by atoms with Crippen LogP contribution in [0.15, 0.2) is 24.3 Å². The first-order valence-electron chi connectivity index (χ1n) is 9.70. The van der Waals surface area contributed by atoms with Crippen molar-refractivity contribution in [3.63, 3.8) is 0 Å². The maximum atomic E-state index is 12.6. The molecule has 0 aromatic heterocycles. The Bertz CT molecular complexity index is 563. The zero-order valence-corrected chi connectivity index (χ0v) is 15.9. The van der Waals surface area contributed by atoms with Gasteiger partial charge in [-0.25, -0.2) is 0 Å². The average Bonchev–Trinajstić information content (AvgIpc) is 2.84. The van der Waals surface area contributed by atoms with Crippen LogP contribution in [-0.4, -0.2) is 42.6 Å². The van der Waals surface area contributed by atoms with E-state index in [4.69, 9.17) is 4.74 Å². The van der Waals surface area contributed by atoms with Gasteiger partial charge in [0, 0.05) is 25.0 Å². The van der Waals surface area contributed by atoms with Crippen LogP contribution >= 0.6 is 0 Å². The van der Waals surface area contributed by atoms with Crippen molar-refractivity contribution in [2.24, 2.45) is 0 Å². The second kappa shape index (κ2) is 7.77. The second-order valence-electron chi connectivity index (χ2n) is 8.41. The van der Waals surface area contributed by atoms with Crippen molar-refractivity contribution in [3.05, 3.63) is 29.8 Å².